The van der Waals surface area contributed by atoms with Crippen LogP contribution in [0.5, 0.6) is 5.75 Å². The van der Waals surface area contributed by atoms with E-state index in [1.165, 1.54) is 19.1 Å². The monoisotopic (exact) mass is 645 g/mol. The van der Waals surface area contributed by atoms with E-state index in [0.717, 1.165) is 4.90 Å². The molecule has 1 unspecified atom stereocenters. The third kappa shape index (κ3) is 11.3. The van der Waals surface area contributed by atoms with Crippen LogP contribution in [-0.2, 0) is 40.0 Å². The molecular weight excluding hydrogens is 598 g/mol. The van der Waals surface area contributed by atoms with Crippen molar-refractivity contribution in [2.75, 3.05) is 13.1 Å². The number of nitrogens with two attached hydrogens (primary N) is 2. The van der Waals surface area contributed by atoms with Gasteiger partial charge in [0.1, 0.15) is 11.8 Å². The van der Waals surface area contributed by atoms with Crippen LogP contribution in [0, 0.1) is 17.8 Å². The summed E-state index contributed by atoms with van der Waals surface area (Å²) in [5.74, 6) is -7.24. The molecule has 254 valence electrons. The lowest BCUT2D eigenvalue weighted by Crippen LogP contribution is -2.48. The molecule has 6 atom stereocenters. The Morgan fingerprint density at radius 2 is 1.67 bits per heavy atom. The molecule has 4 amide bonds. The highest BCUT2D eigenvalue weighted by molar-refractivity contribution is 6.08. The Bertz CT molecular complexity index is 1270. The molecular formula is C32H47N5O9. The van der Waals surface area contributed by atoms with Crippen molar-refractivity contribution < 1.29 is 43.8 Å². The Kier molecular flexibility index (Phi) is 15.0. The van der Waals surface area contributed by atoms with Crippen molar-refractivity contribution in [3.05, 3.63) is 29.8 Å². The van der Waals surface area contributed by atoms with E-state index >= 15 is 0 Å². The van der Waals surface area contributed by atoms with Crippen LogP contribution in [0.15, 0.2) is 24.3 Å². The van der Waals surface area contributed by atoms with Gasteiger partial charge in [0.25, 0.3) is 0 Å². The fraction of sp³-hybridized carbons (Fsp3) is 0.594. The second-order valence-corrected chi connectivity index (χ2v) is 12.0. The summed E-state index contributed by atoms with van der Waals surface area (Å²) >= 11 is 0. The lowest BCUT2D eigenvalue weighted by Gasteiger charge is -2.24. The van der Waals surface area contributed by atoms with E-state index in [1.54, 1.807) is 26.0 Å². The van der Waals surface area contributed by atoms with Gasteiger partial charge in [-0.05, 0) is 62.8 Å². The van der Waals surface area contributed by atoms with Crippen molar-refractivity contribution in [3.63, 3.8) is 0 Å². The first-order valence-electron chi connectivity index (χ1n) is 15.6. The lowest BCUT2D eigenvalue weighted by molar-refractivity contribution is -0.145. The molecule has 1 saturated heterocycles. The number of likely N-dealkylation sites (tertiary alicyclic amines) is 1. The van der Waals surface area contributed by atoms with Crippen LogP contribution in [0.4, 0.5) is 0 Å². The van der Waals surface area contributed by atoms with Crippen molar-refractivity contribution >= 4 is 41.2 Å². The van der Waals surface area contributed by atoms with E-state index in [1.807, 2.05) is 0 Å². The summed E-state index contributed by atoms with van der Waals surface area (Å²) in [5, 5.41) is 24.4. The number of carboxylic acid groups (broad SMARTS) is 1. The molecule has 1 fully saturated rings. The predicted molar refractivity (Wildman–Crippen MR) is 167 cm³/mol. The first-order valence-corrected chi connectivity index (χ1v) is 15.6. The topological polar surface area (TPSA) is 239 Å². The van der Waals surface area contributed by atoms with Gasteiger partial charge >= 0.3 is 5.97 Å². The molecule has 2 rings (SSSR count). The van der Waals surface area contributed by atoms with Crippen LogP contribution >= 0.6 is 0 Å². The number of aromatic hydroxyl groups is 1. The Balaban J connectivity index is 2.15. The molecule has 14 nitrogen and oxygen atoms in total. The SMILES string of the molecule is CC[C@H](C)[C@H](NC(=O)[C@@H](CC(=O)CN1C(=O)CC(CC(=O)[C@H](CCCCN)NC(=O)[C@H](C)N)C1=O)Cc1ccc(O)cc1)C(=O)O. The van der Waals surface area contributed by atoms with Gasteiger partial charge in [0, 0.05) is 25.2 Å². The molecule has 1 aliphatic heterocycles. The molecule has 14 heteroatoms. The highest BCUT2D eigenvalue weighted by atomic mass is 16.4. The number of carbonyl (C=O) groups is 7. The maximum Gasteiger partial charge on any atom is 0.326 e. The maximum atomic E-state index is 13.3. The van der Waals surface area contributed by atoms with Crippen molar-refractivity contribution in [2.45, 2.75) is 90.3 Å². The summed E-state index contributed by atoms with van der Waals surface area (Å²) < 4.78 is 0. The summed E-state index contributed by atoms with van der Waals surface area (Å²) in [6, 6.07) is 3.01. The minimum absolute atomic E-state index is 0.000771. The van der Waals surface area contributed by atoms with Gasteiger partial charge in [-0.15, -0.1) is 0 Å². The summed E-state index contributed by atoms with van der Waals surface area (Å²) in [6.07, 6.45) is 0.962. The summed E-state index contributed by atoms with van der Waals surface area (Å²) in [5.41, 5.74) is 11.8. The van der Waals surface area contributed by atoms with Crippen molar-refractivity contribution in [1.29, 1.82) is 0 Å². The van der Waals surface area contributed by atoms with Gasteiger partial charge in [-0.2, -0.15) is 0 Å². The van der Waals surface area contributed by atoms with Crippen LogP contribution in [0.1, 0.15) is 71.3 Å². The van der Waals surface area contributed by atoms with E-state index in [0.29, 0.717) is 31.4 Å². The number of hydrogen-bond donors (Lipinski definition) is 6. The Labute approximate surface area is 268 Å². The Morgan fingerprint density at radius 1 is 1.02 bits per heavy atom. The number of ketones is 2. The number of unbranched alkanes of at least 4 members (excludes halogenated alkanes) is 1. The number of phenols is 1. The number of carboxylic acids is 1. The second kappa shape index (κ2) is 18.1. The zero-order valence-corrected chi connectivity index (χ0v) is 26.7. The molecule has 0 aliphatic carbocycles. The van der Waals surface area contributed by atoms with E-state index in [9.17, 15) is 43.8 Å². The number of Topliss-reactive ketones (excluding diaryl/α,β-unsaturated/α-hetero) is 2. The molecule has 0 radical (unpaired) electrons. The highest BCUT2D eigenvalue weighted by Crippen LogP contribution is 2.25. The quantitative estimate of drug-likeness (QED) is 0.0839. The van der Waals surface area contributed by atoms with Gasteiger partial charge in [-0.3, -0.25) is 33.7 Å². The summed E-state index contributed by atoms with van der Waals surface area (Å²) in [7, 11) is 0. The van der Waals surface area contributed by atoms with E-state index in [2.05, 4.69) is 10.6 Å². The standard InChI is InChI=1S/C32H47N5O9/c1-4-18(2)28(32(45)46)36-30(43)21(13-20-8-10-23(38)11-9-20)14-24(39)17-37-27(41)16-22(31(37)44)15-26(40)25(7-5-6-12-33)35-29(42)19(3)34/h8-11,18-19,21-22,25,28,38H,4-7,12-17,33-34H2,1-3H3,(H,35,42)(H,36,43)(H,45,46)/t18-,19-,21+,22?,25-,28-/m0/s1. The fourth-order valence-electron chi connectivity index (χ4n) is 5.22. The number of hydrogen-bond acceptors (Lipinski definition) is 10. The molecule has 1 aromatic carbocycles. The van der Waals surface area contributed by atoms with Crippen LogP contribution in [-0.4, -0.2) is 87.5 Å². The predicted octanol–water partition coefficient (Wildman–Crippen LogP) is 0.421. The molecule has 1 heterocycles. The van der Waals surface area contributed by atoms with Crippen molar-refractivity contribution in [3.8, 4) is 5.75 Å². The minimum Gasteiger partial charge on any atom is -0.508 e. The number of rotatable bonds is 20. The van der Waals surface area contributed by atoms with E-state index in [-0.39, 0.29) is 31.4 Å². The minimum atomic E-state index is -1.22. The highest BCUT2D eigenvalue weighted by Gasteiger charge is 2.42. The van der Waals surface area contributed by atoms with E-state index in [4.69, 9.17) is 11.5 Å². The van der Waals surface area contributed by atoms with Crippen molar-refractivity contribution in [2.24, 2.45) is 29.2 Å². The molecule has 0 spiro atoms. The van der Waals surface area contributed by atoms with Crippen LogP contribution in [0.3, 0.4) is 0 Å². The molecule has 0 saturated carbocycles. The van der Waals surface area contributed by atoms with Gasteiger partial charge in [0.2, 0.25) is 23.6 Å². The largest absolute Gasteiger partial charge is 0.508 e. The summed E-state index contributed by atoms with van der Waals surface area (Å²) in [4.78, 5) is 90.4. The number of benzene rings is 1. The average Bonchev–Trinajstić information content (AvgIpc) is 3.26. The number of nitrogens with one attached hydrogen (secondary N) is 2. The molecule has 0 bridgehead atoms. The van der Waals surface area contributed by atoms with Crippen LogP contribution in [0.25, 0.3) is 0 Å². The Hall–Kier alpha value is -4.17. The second-order valence-electron chi connectivity index (χ2n) is 12.0. The van der Waals surface area contributed by atoms with Crippen LogP contribution < -0.4 is 22.1 Å². The van der Waals surface area contributed by atoms with Crippen LogP contribution in [0.2, 0.25) is 0 Å². The zero-order chi connectivity index (χ0) is 34.6. The first-order chi connectivity index (χ1) is 21.7. The van der Waals surface area contributed by atoms with Gasteiger partial charge in [0.15, 0.2) is 11.6 Å². The fourth-order valence-corrected chi connectivity index (χ4v) is 5.22. The molecule has 46 heavy (non-hydrogen) atoms. The third-order valence-electron chi connectivity index (χ3n) is 8.23. The number of phenolic OH excluding ortho intramolecular Hbond substituents is 1. The number of imide groups is 1. The molecule has 8 N–H and O–H groups in total. The lowest BCUT2D eigenvalue weighted by atomic mass is 9.91. The molecule has 1 aliphatic rings. The number of carbonyl (C=O) groups excluding carboxylic acids is 6. The first kappa shape index (κ1) is 38.0. The van der Waals surface area contributed by atoms with E-state index < -0.39 is 90.0 Å². The normalized spacial score (nSPS) is 17.9. The van der Waals surface area contributed by atoms with Gasteiger partial charge in [-0.25, -0.2) is 4.79 Å². The smallest absolute Gasteiger partial charge is 0.326 e. The number of nitrogens with zero attached hydrogens (tertiary/aromatic N) is 1. The number of amides is 4. The average molecular weight is 646 g/mol. The Morgan fingerprint density at radius 3 is 2.24 bits per heavy atom. The molecule has 1 aromatic rings. The summed E-state index contributed by atoms with van der Waals surface area (Å²) in [6.45, 7) is 4.72. The van der Waals surface area contributed by atoms with Gasteiger partial charge in [-0.1, -0.05) is 32.4 Å². The van der Waals surface area contributed by atoms with Gasteiger partial charge in [0.05, 0.1) is 24.5 Å². The number of aliphatic carboxylic acids is 1. The van der Waals surface area contributed by atoms with Crippen molar-refractivity contribution in [1.82, 2.24) is 15.5 Å². The zero-order valence-electron chi connectivity index (χ0n) is 26.7. The maximum absolute atomic E-state index is 13.3. The third-order valence-corrected chi connectivity index (χ3v) is 8.23. The molecule has 0 aromatic heterocycles. The van der Waals surface area contributed by atoms with Gasteiger partial charge < -0.3 is 32.3 Å².